The molecule has 2 aromatic carbocycles. The quantitative estimate of drug-likeness (QED) is 0.827. The topological polar surface area (TPSA) is 71.6 Å². The molecule has 2 aromatic rings. The molecule has 0 unspecified atom stereocenters. The highest BCUT2D eigenvalue weighted by Crippen LogP contribution is 2.49. The molecule has 0 bridgehead atoms. The van der Waals surface area contributed by atoms with Crippen molar-refractivity contribution in [3.8, 4) is 12.1 Å². The summed E-state index contributed by atoms with van der Waals surface area (Å²) >= 11 is 0. The number of para-hydroxylation sites is 2. The molecule has 2 aliphatic heterocycles. The van der Waals surface area contributed by atoms with Gasteiger partial charge in [-0.25, -0.2) is 0 Å². The molecule has 0 saturated heterocycles. The van der Waals surface area contributed by atoms with Gasteiger partial charge in [0, 0.05) is 35.6 Å². The maximum Gasteiger partial charge on any atom is 0.0969 e. The highest BCUT2D eigenvalue weighted by atomic mass is 14.9. The van der Waals surface area contributed by atoms with Crippen LogP contribution in [0.25, 0.3) is 0 Å². The molecule has 0 amide bonds. The van der Waals surface area contributed by atoms with Crippen LogP contribution in [0.2, 0.25) is 0 Å². The highest BCUT2D eigenvalue weighted by Gasteiger charge is 2.37. The number of hydrogen-bond donors (Lipinski definition) is 2. The SMILES string of the molecule is N#CC1=CNc2ccccc2[C@@H]1[C@@H]1C(C#N)=CNc2ccccc21. The van der Waals surface area contributed by atoms with Gasteiger partial charge in [0.05, 0.1) is 23.3 Å². The molecule has 2 aliphatic rings. The lowest BCUT2D eigenvalue weighted by molar-refractivity contribution is 0.687. The summed E-state index contributed by atoms with van der Waals surface area (Å²) in [6.07, 6.45) is 3.51. The lowest BCUT2D eigenvalue weighted by Gasteiger charge is -2.34. The molecule has 0 fully saturated rings. The molecule has 0 spiro atoms. The van der Waals surface area contributed by atoms with E-state index in [-0.39, 0.29) is 11.8 Å². The van der Waals surface area contributed by atoms with Crippen LogP contribution in [0, 0.1) is 22.7 Å². The summed E-state index contributed by atoms with van der Waals surface area (Å²) in [5, 5.41) is 25.7. The van der Waals surface area contributed by atoms with E-state index in [4.69, 9.17) is 0 Å². The number of nitrogens with zero attached hydrogens (tertiary/aromatic N) is 2. The Morgan fingerprint density at radius 3 is 1.50 bits per heavy atom. The van der Waals surface area contributed by atoms with Crippen LogP contribution >= 0.6 is 0 Å². The van der Waals surface area contributed by atoms with Crippen LogP contribution < -0.4 is 10.6 Å². The third kappa shape index (κ3) is 2.06. The van der Waals surface area contributed by atoms with Gasteiger partial charge in [-0.1, -0.05) is 36.4 Å². The first-order valence-electron chi connectivity index (χ1n) is 7.74. The summed E-state index contributed by atoms with van der Waals surface area (Å²) in [6, 6.07) is 20.5. The van der Waals surface area contributed by atoms with Gasteiger partial charge < -0.3 is 10.6 Å². The molecule has 4 rings (SSSR count). The van der Waals surface area contributed by atoms with E-state index in [0.29, 0.717) is 11.1 Å². The molecule has 4 nitrogen and oxygen atoms in total. The Kier molecular flexibility index (Phi) is 3.30. The maximum atomic E-state index is 9.65. The standard InChI is InChI=1S/C20H14N4/c21-9-13-11-23-17-7-3-1-5-15(17)19(13)20-14(10-22)12-24-18-8-4-2-6-16(18)20/h1-8,11-12,19-20,23-24H/t19-,20-/m1/s1. The third-order valence-electron chi connectivity index (χ3n) is 4.62. The van der Waals surface area contributed by atoms with Gasteiger partial charge in [0.1, 0.15) is 0 Å². The predicted molar refractivity (Wildman–Crippen MR) is 93.0 cm³/mol. The monoisotopic (exact) mass is 310 g/mol. The fourth-order valence-corrected chi connectivity index (χ4v) is 3.55. The number of benzene rings is 2. The summed E-state index contributed by atoms with van der Waals surface area (Å²) in [6.45, 7) is 0. The molecule has 0 aliphatic carbocycles. The van der Waals surface area contributed by atoms with Crippen LogP contribution in [0.1, 0.15) is 23.0 Å². The van der Waals surface area contributed by atoms with Crippen LogP contribution in [0.15, 0.2) is 72.1 Å². The lowest BCUT2D eigenvalue weighted by atomic mass is 9.71. The van der Waals surface area contributed by atoms with Crippen LogP contribution in [0.3, 0.4) is 0 Å². The molecule has 114 valence electrons. The van der Waals surface area contributed by atoms with Crippen molar-refractivity contribution in [2.24, 2.45) is 0 Å². The maximum absolute atomic E-state index is 9.65. The van der Waals surface area contributed by atoms with E-state index in [1.165, 1.54) is 0 Å². The van der Waals surface area contributed by atoms with Gasteiger partial charge in [0.15, 0.2) is 0 Å². The van der Waals surface area contributed by atoms with Gasteiger partial charge in [-0.3, -0.25) is 0 Å². The predicted octanol–water partition coefficient (Wildman–Crippen LogP) is 4.22. The summed E-state index contributed by atoms with van der Waals surface area (Å²) < 4.78 is 0. The molecule has 0 saturated carbocycles. The number of anilines is 2. The van der Waals surface area contributed by atoms with Crippen LogP contribution in [0.5, 0.6) is 0 Å². The van der Waals surface area contributed by atoms with E-state index in [9.17, 15) is 10.5 Å². The second-order valence-corrected chi connectivity index (χ2v) is 5.84. The van der Waals surface area contributed by atoms with Crippen molar-refractivity contribution in [1.29, 1.82) is 10.5 Å². The van der Waals surface area contributed by atoms with Crippen molar-refractivity contribution in [3.05, 3.63) is 83.2 Å². The van der Waals surface area contributed by atoms with Gasteiger partial charge in [-0.05, 0) is 23.3 Å². The summed E-state index contributed by atoms with van der Waals surface area (Å²) in [4.78, 5) is 0. The zero-order valence-corrected chi connectivity index (χ0v) is 12.8. The van der Waals surface area contributed by atoms with Crippen LogP contribution in [-0.2, 0) is 0 Å². The largest absolute Gasteiger partial charge is 0.360 e. The average molecular weight is 310 g/mol. The van der Waals surface area contributed by atoms with E-state index in [1.54, 1.807) is 12.4 Å². The summed E-state index contributed by atoms with van der Waals surface area (Å²) in [5.41, 5.74) is 5.32. The van der Waals surface area contributed by atoms with Crippen molar-refractivity contribution in [1.82, 2.24) is 0 Å². The molecular formula is C20H14N4. The number of hydrogen-bond acceptors (Lipinski definition) is 4. The van der Waals surface area contributed by atoms with Crippen molar-refractivity contribution < 1.29 is 0 Å². The number of nitriles is 2. The molecule has 2 heterocycles. The minimum absolute atomic E-state index is 0.179. The minimum Gasteiger partial charge on any atom is -0.360 e. The molecule has 0 aromatic heterocycles. The fourth-order valence-electron chi connectivity index (χ4n) is 3.55. The second-order valence-electron chi connectivity index (χ2n) is 5.84. The fraction of sp³-hybridized carbons (Fsp3) is 0.100. The third-order valence-corrected chi connectivity index (χ3v) is 4.62. The van der Waals surface area contributed by atoms with Crippen LogP contribution in [0.4, 0.5) is 11.4 Å². The van der Waals surface area contributed by atoms with Crippen molar-refractivity contribution in [3.63, 3.8) is 0 Å². The number of fused-ring (bicyclic) bond motifs is 2. The van der Waals surface area contributed by atoms with Gasteiger partial charge in [-0.2, -0.15) is 10.5 Å². The Morgan fingerprint density at radius 2 is 1.08 bits per heavy atom. The molecular weight excluding hydrogens is 296 g/mol. The Balaban J connectivity index is 1.94. The average Bonchev–Trinajstić information content (AvgIpc) is 2.66. The van der Waals surface area contributed by atoms with Gasteiger partial charge in [0.25, 0.3) is 0 Å². The first kappa shape index (κ1) is 14.1. The summed E-state index contributed by atoms with van der Waals surface area (Å²) in [5.74, 6) is -0.358. The van der Waals surface area contributed by atoms with Gasteiger partial charge in [-0.15, -0.1) is 0 Å². The molecule has 4 heteroatoms. The van der Waals surface area contributed by atoms with Crippen molar-refractivity contribution in [2.45, 2.75) is 11.8 Å². The number of allylic oxidation sites excluding steroid dienone is 2. The molecule has 2 atom stereocenters. The molecule has 2 N–H and O–H groups in total. The summed E-state index contributed by atoms with van der Waals surface area (Å²) in [7, 11) is 0. The normalized spacial score (nSPS) is 20.8. The Labute approximate surface area is 140 Å². The van der Waals surface area contributed by atoms with Crippen LogP contribution in [-0.4, -0.2) is 0 Å². The van der Waals surface area contributed by atoms with Gasteiger partial charge >= 0.3 is 0 Å². The Morgan fingerprint density at radius 1 is 0.667 bits per heavy atom. The van der Waals surface area contributed by atoms with Gasteiger partial charge in [0.2, 0.25) is 0 Å². The molecule has 0 radical (unpaired) electrons. The first-order valence-corrected chi connectivity index (χ1v) is 7.74. The number of rotatable bonds is 1. The minimum atomic E-state index is -0.179. The highest BCUT2D eigenvalue weighted by molar-refractivity contribution is 5.69. The van der Waals surface area contributed by atoms with E-state index in [0.717, 1.165) is 22.5 Å². The Hall–Kier alpha value is -3.50. The van der Waals surface area contributed by atoms with E-state index in [1.807, 2.05) is 48.5 Å². The Bertz CT molecular complexity index is 877. The smallest absolute Gasteiger partial charge is 0.0969 e. The van der Waals surface area contributed by atoms with Crippen molar-refractivity contribution >= 4 is 11.4 Å². The van der Waals surface area contributed by atoms with E-state index >= 15 is 0 Å². The van der Waals surface area contributed by atoms with E-state index < -0.39 is 0 Å². The molecule has 24 heavy (non-hydrogen) atoms. The second kappa shape index (κ2) is 5.61. The van der Waals surface area contributed by atoms with E-state index in [2.05, 4.69) is 22.8 Å². The zero-order valence-electron chi connectivity index (χ0n) is 12.8. The first-order chi connectivity index (χ1) is 11.8. The zero-order chi connectivity index (χ0) is 16.5. The number of nitrogens with one attached hydrogen (secondary N) is 2. The lowest BCUT2D eigenvalue weighted by Crippen LogP contribution is -2.23. The van der Waals surface area contributed by atoms with Crippen molar-refractivity contribution in [2.75, 3.05) is 10.6 Å².